The number of benzene rings is 2. The number of nitrogens with zero attached hydrogens (tertiary/aromatic N) is 1. The lowest BCUT2D eigenvalue weighted by molar-refractivity contribution is -0.385. The minimum Gasteiger partial charge on any atom is -0.508 e. The minimum absolute atomic E-state index is 0.116. The molecule has 2 rings (SSSR count). The highest BCUT2D eigenvalue weighted by Crippen LogP contribution is 2.25. The Morgan fingerprint density at radius 2 is 1.70 bits per heavy atom. The molecule has 0 aliphatic heterocycles. The first kappa shape index (κ1) is 19.6. The van der Waals surface area contributed by atoms with Crippen molar-refractivity contribution in [2.75, 3.05) is 7.11 Å². The van der Waals surface area contributed by atoms with E-state index in [1.807, 2.05) is 0 Å². The second-order valence-corrected chi connectivity index (χ2v) is 5.55. The molecule has 0 saturated carbocycles. The normalized spacial score (nSPS) is 11.0. The lowest BCUT2D eigenvalue weighted by Crippen LogP contribution is -2.02. The van der Waals surface area contributed by atoms with Crippen LogP contribution in [-0.2, 0) is 9.59 Å². The minimum atomic E-state index is -0.560. The number of methoxy groups -OCH3 is 1. The van der Waals surface area contributed by atoms with E-state index in [1.165, 1.54) is 55.7 Å². The van der Waals surface area contributed by atoms with Gasteiger partial charge in [-0.1, -0.05) is 18.2 Å². The quantitative estimate of drug-likeness (QED) is 0.331. The number of hydrogen-bond acceptors (Lipinski definition) is 6. The van der Waals surface area contributed by atoms with Crippen LogP contribution in [0.25, 0.3) is 12.2 Å². The van der Waals surface area contributed by atoms with Gasteiger partial charge in [0.25, 0.3) is 5.69 Å². The van der Waals surface area contributed by atoms with Crippen molar-refractivity contribution in [1.82, 2.24) is 0 Å². The van der Waals surface area contributed by atoms with Gasteiger partial charge in [0.1, 0.15) is 11.5 Å². The summed E-state index contributed by atoms with van der Waals surface area (Å²) in [5.41, 5.74) is 0.745. The summed E-state index contributed by atoms with van der Waals surface area (Å²) < 4.78 is 5.02. The molecule has 0 heterocycles. The van der Waals surface area contributed by atoms with E-state index in [0.29, 0.717) is 11.3 Å². The van der Waals surface area contributed by atoms with Crippen LogP contribution in [0, 0.1) is 10.1 Å². The number of nitro benzene ring substituents is 1. The van der Waals surface area contributed by atoms with E-state index < -0.39 is 16.5 Å². The molecule has 0 atom stereocenters. The molecule has 0 radical (unpaired) electrons. The number of rotatable bonds is 8. The Kier molecular flexibility index (Phi) is 6.60. The fourth-order valence-electron chi connectivity index (χ4n) is 2.21. The molecule has 0 saturated heterocycles. The Morgan fingerprint density at radius 1 is 1.07 bits per heavy atom. The van der Waals surface area contributed by atoms with Crippen LogP contribution in [0.2, 0.25) is 0 Å². The summed E-state index contributed by atoms with van der Waals surface area (Å²) in [6.07, 6.45) is 4.87. The van der Waals surface area contributed by atoms with Gasteiger partial charge in [-0.05, 0) is 48.1 Å². The molecule has 2 aromatic carbocycles. The zero-order valence-electron chi connectivity index (χ0n) is 14.5. The molecular formula is C20H17NO6. The molecule has 2 aromatic rings. The third-order valence-electron chi connectivity index (χ3n) is 3.58. The number of phenolic OH excluding ortho intramolecular Hbond substituents is 1. The maximum Gasteiger partial charge on any atom is 0.276 e. The molecule has 0 unspecified atom stereocenters. The van der Waals surface area contributed by atoms with Crippen LogP contribution in [0.4, 0.5) is 5.69 Å². The van der Waals surface area contributed by atoms with Gasteiger partial charge in [0.15, 0.2) is 11.6 Å². The molecule has 7 nitrogen and oxygen atoms in total. The van der Waals surface area contributed by atoms with E-state index in [1.54, 1.807) is 12.1 Å². The van der Waals surface area contributed by atoms with E-state index in [4.69, 9.17) is 4.74 Å². The van der Waals surface area contributed by atoms with Crippen LogP contribution in [0.15, 0.2) is 54.6 Å². The predicted molar refractivity (Wildman–Crippen MR) is 100 cm³/mol. The van der Waals surface area contributed by atoms with E-state index in [9.17, 15) is 24.8 Å². The number of hydrogen-bond donors (Lipinski definition) is 1. The van der Waals surface area contributed by atoms with E-state index in [0.717, 1.165) is 6.08 Å². The van der Waals surface area contributed by atoms with Crippen LogP contribution in [0.3, 0.4) is 0 Å². The van der Waals surface area contributed by atoms with Crippen molar-refractivity contribution in [3.05, 3.63) is 75.9 Å². The second kappa shape index (κ2) is 9.10. The zero-order chi connectivity index (χ0) is 19.8. The van der Waals surface area contributed by atoms with Gasteiger partial charge in [-0.2, -0.15) is 0 Å². The van der Waals surface area contributed by atoms with Gasteiger partial charge in [-0.15, -0.1) is 0 Å². The molecule has 0 spiro atoms. The SMILES string of the molecule is COc1ccc([N+](=O)[O-])c(C=CC(=O)CC(=O)C=Cc2ccc(O)cc2)c1. The zero-order valence-corrected chi connectivity index (χ0v) is 14.5. The summed E-state index contributed by atoms with van der Waals surface area (Å²) in [7, 11) is 1.43. The Hall–Kier alpha value is -3.74. The monoisotopic (exact) mass is 367 g/mol. The van der Waals surface area contributed by atoms with E-state index >= 15 is 0 Å². The highest BCUT2D eigenvalue weighted by molar-refractivity contribution is 6.11. The van der Waals surface area contributed by atoms with Crippen molar-refractivity contribution in [2.24, 2.45) is 0 Å². The number of ketones is 2. The van der Waals surface area contributed by atoms with Gasteiger partial charge in [0, 0.05) is 6.07 Å². The summed E-state index contributed by atoms with van der Waals surface area (Å²) >= 11 is 0. The summed E-state index contributed by atoms with van der Waals surface area (Å²) in [6, 6.07) is 10.4. The number of aromatic hydroxyl groups is 1. The standard InChI is InChI=1S/C20H17NO6/c1-27-19-10-11-20(21(25)26)15(12-19)5-9-18(24)13-17(23)8-4-14-2-6-16(22)7-3-14/h2-12,22H,13H2,1H3. The number of ether oxygens (including phenoxy) is 1. The van der Waals surface area contributed by atoms with Crippen LogP contribution in [-0.4, -0.2) is 28.7 Å². The maximum atomic E-state index is 11.9. The van der Waals surface area contributed by atoms with Crippen molar-refractivity contribution in [3.8, 4) is 11.5 Å². The maximum absolute atomic E-state index is 11.9. The second-order valence-electron chi connectivity index (χ2n) is 5.55. The summed E-state index contributed by atoms with van der Waals surface area (Å²) in [5.74, 6) is -0.351. The molecule has 0 aromatic heterocycles. The molecule has 0 aliphatic rings. The first-order valence-corrected chi connectivity index (χ1v) is 7.92. The Labute approximate surface area is 155 Å². The van der Waals surface area contributed by atoms with Crippen molar-refractivity contribution < 1.29 is 24.4 Å². The Morgan fingerprint density at radius 3 is 2.30 bits per heavy atom. The average Bonchev–Trinajstić information content (AvgIpc) is 2.65. The third kappa shape index (κ3) is 5.93. The molecule has 0 fully saturated rings. The number of carbonyl (C=O) groups is 2. The van der Waals surface area contributed by atoms with Gasteiger partial charge < -0.3 is 9.84 Å². The third-order valence-corrected chi connectivity index (χ3v) is 3.58. The molecular weight excluding hydrogens is 350 g/mol. The van der Waals surface area contributed by atoms with E-state index in [2.05, 4.69) is 0 Å². The summed E-state index contributed by atoms with van der Waals surface area (Å²) in [6.45, 7) is 0. The fraction of sp³-hybridized carbons (Fsp3) is 0.100. The summed E-state index contributed by atoms with van der Waals surface area (Å²) in [5, 5.41) is 20.3. The lowest BCUT2D eigenvalue weighted by atomic mass is 10.1. The lowest BCUT2D eigenvalue weighted by Gasteiger charge is -2.02. The van der Waals surface area contributed by atoms with Crippen molar-refractivity contribution >= 4 is 29.4 Å². The first-order valence-electron chi connectivity index (χ1n) is 7.92. The van der Waals surface area contributed by atoms with Crippen LogP contribution in [0.5, 0.6) is 11.5 Å². The Balaban J connectivity index is 2.03. The number of nitro groups is 1. The van der Waals surface area contributed by atoms with Gasteiger partial charge in [-0.3, -0.25) is 19.7 Å². The van der Waals surface area contributed by atoms with Crippen LogP contribution in [0.1, 0.15) is 17.5 Å². The summed E-state index contributed by atoms with van der Waals surface area (Å²) in [4.78, 5) is 34.3. The first-order chi connectivity index (χ1) is 12.9. The van der Waals surface area contributed by atoms with Crippen LogP contribution < -0.4 is 4.74 Å². The molecule has 27 heavy (non-hydrogen) atoms. The van der Waals surface area contributed by atoms with Gasteiger partial charge in [0.2, 0.25) is 0 Å². The molecule has 1 N–H and O–H groups in total. The predicted octanol–water partition coefficient (Wildman–Crippen LogP) is 3.56. The molecule has 7 heteroatoms. The topological polar surface area (TPSA) is 107 Å². The molecule has 0 bridgehead atoms. The number of allylic oxidation sites excluding steroid dienone is 2. The van der Waals surface area contributed by atoms with Crippen molar-refractivity contribution in [1.29, 1.82) is 0 Å². The smallest absolute Gasteiger partial charge is 0.276 e. The Bertz CT molecular complexity index is 913. The molecule has 0 amide bonds. The van der Waals surface area contributed by atoms with Crippen molar-refractivity contribution in [2.45, 2.75) is 6.42 Å². The van der Waals surface area contributed by atoms with E-state index in [-0.39, 0.29) is 23.4 Å². The average molecular weight is 367 g/mol. The largest absolute Gasteiger partial charge is 0.508 e. The van der Waals surface area contributed by atoms with Crippen LogP contribution >= 0.6 is 0 Å². The highest BCUT2D eigenvalue weighted by atomic mass is 16.6. The number of carbonyl (C=O) groups excluding carboxylic acids is 2. The fourth-order valence-corrected chi connectivity index (χ4v) is 2.21. The number of phenols is 1. The molecule has 138 valence electrons. The van der Waals surface area contributed by atoms with Gasteiger partial charge in [0.05, 0.1) is 24.0 Å². The highest BCUT2D eigenvalue weighted by Gasteiger charge is 2.13. The molecule has 0 aliphatic carbocycles. The van der Waals surface area contributed by atoms with Gasteiger partial charge >= 0.3 is 0 Å². The van der Waals surface area contributed by atoms with Gasteiger partial charge in [-0.25, -0.2) is 0 Å². The van der Waals surface area contributed by atoms with Crippen molar-refractivity contribution in [3.63, 3.8) is 0 Å².